The Labute approximate surface area is 197 Å². The van der Waals surface area contributed by atoms with Gasteiger partial charge in [0.15, 0.2) is 0 Å². The van der Waals surface area contributed by atoms with E-state index in [1.807, 2.05) is 0 Å². The highest BCUT2D eigenvalue weighted by Crippen LogP contribution is 2.39. The van der Waals surface area contributed by atoms with Crippen LogP contribution in [0.25, 0.3) is 0 Å². The van der Waals surface area contributed by atoms with Crippen molar-refractivity contribution < 1.29 is 14.2 Å². The molecule has 0 spiro atoms. The second-order valence-electron chi connectivity index (χ2n) is 8.92. The highest BCUT2D eigenvalue weighted by Gasteiger charge is 2.08. The van der Waals surface area contributed by atoms with Gasteiger partial charge in [-0.1, -0.05) is 59.3 Å². The molecule has 0 amide bonds. The predicted molar refractivity (Wildman–Crippen MR) is 140 cm³/mol. The Bertz CT molecular complexity index is 267. The van der Waals surface area contributed by atoms with E-state index in [2.05, 4.69) is 20.8 Å². The maximum atomic E-state index is 5.72. The average molecular weight is 461 g/mol. The summed E-state index contributed by atoms with van der Waals surface area (Å²) < 4.78 is 17.1. The lowest BCUT2D eigenvalue weighted by Gasteiger charge is -2.18. The van der Waals surface area contributed by atoms with Gasteiger partial charge in [-0.05, 0) is 76.3 Å². The van der Waals surface area contributed by atoms with E-state index in [1.165, 1.54) is 115 Å². The quantitative estimate of drug-likeness (QED) is 0.0909. The second-order valence-corrected chi connectivity index (χ2v) is 11.6. The van der Waals surface area contributed by atoms with Gasteiger partial charge in [0, 0.05) is 39.6 Å². The van der Waals surface area contributed by atoms with Gasteiger partial charge in [-0.3, -0.25) is 0 Å². The summed E-state index contributed by atoms with van der Waals surface area (Å²) in [4.78, 5) is 0. The van der Waals surface area contributed by atoms with Gasteiger partial charge in [0.1, 0.15) is 0 Å². The Morgan fingerprint density at radius 3 is 0.935 bits per heavy atom. The standard InChI is InChI=1S/C27H57O3P/c1-4-7-19-28-22-13-10-16-25-31(26-17-11-14-23-29-20-8-5-2)27-18-12-15-24-30-21-9-6-3/h4-27H2,1-3H3. The minimum atomic E-state index is 0.226. The topological polar surface area (TPSA) is 27.7 Å². The smallest absolute Gasteiger partial charge is 0.0466 e. The molecule has 0 N–H and O–H groups in total. The Hall–Kier alpha value is 0.310. The van der Waals surface area contributed by atoms with Crippen LogP contribution in [0.1, 0.15) is 117 Å². The van der Waals surface area contributed by atoms with Crippen molar-refractivity contribution in [1.29, 1.82) is 0 Å². The van der Waals surface area contributed by atoms with Crippen LogP contribution in [-0.2, 0) is 14.2 Å². The molecule has 0 fully saturated rings. The molecule has 3 nitrogen and oxygen atoms in total. The number of ether oxygens (including phenoxy) is 3. The summed E-state index contributed by atoms with van der Waals surface area (Å²) in [6.07, 6.45) is 23.8. The highest BCUT2D eigenvalue weighted by atomic mass is 31.1. The summed E-state index contributed by atoms with van der Waals surface area (Å²) in [7, 11) is 0.226. The van der Waals surface area contributed by atoms with Crippen LogP contribution in [0.2, 0.25) is 0 Å². The first kappa shape index (κ1) is 31.3. The van der Waals surface area contributed by atoms with Gasteiger partial charge in [0.2, 0.25) is 0 Å². The number of hydrogen-bond acceptors (Lipinski definition) is 3. The van der Waals surface area contributed by atoms with Crippen molar-refractivity contribution in [3.8, 4) is 0 Å². The molecule has 0 saturated carbocycles. The van der Waals surface area contributed by atoms with Gasteiger partial charge in [-0.2, -0.15) is 0 Å². The minimum absolute atomic E-state index is 0.226. The molecular weight excluding hydrogens is 403 g/mol. The normalized spacial score (nSPS) is 11.6. The lowest BCUT2D eigenvalue weighted by Crippen LogP contribution is -2.01. The first-order valence-electron chi connectivity index (χ1n) is 13.8. The summed E-state index contributed by atoms with van der Waals surface area (Å²) in [5.74, 6) is 0. The van der Waals surface area contributed by atoms with E-state index in [-0.39, 0.29) is 7.92 Å². The molecule has 0 unspecified atom stereocenters. The molecule has 188 valence electrons. The average Bonchev–Trinajstić information content (AvgIpc) is 2.78. The van der Waals surface area contributed by atoms with Crippen LogP contribution in [0.15, 0.2) is 0 Å². The van der Waals surface area contributed by atoms with Crippen LogP contribution in [0.5, 0.6) is 0 Å². The third-order valence-electron chi connectivity index (χ3n) is 5.72. The summed E-state index contributed by atoms with van der Waals surface area (Å²) in [6.45, 7) is 12.4. The monoisotopic (exact) mass is 460 g/mol. The lowest BCUT2D eigenvalue weighted by atomic mass is 10.2. The van der Waals surface area contributed by atoms with Crippen LogP contribution in [-0.4, -0.2) is 58.1 Å². The van der Waals surface area contributed by atoms with E-state index in [1.54, 1.807) is 0 Å². The molecule has 0 heterocycles. The Balaban J connectivity index is 3.82. The SMILES string of the molecule is CCCCOCCCCCP(CCCCCOCCCC)CCCCCOCCCC. The van der Waals surface area contributed by atoms with Gasteiger partial charge in [-0.25, -0.2) is 0 Å². The Morgan fingerprint density at radius 1 is 0.355 bits per heavy atom. The van der Waals surface area contributed by atoms with Gasteiger partial charge in [0.05, 0.1) is 0 Å². The fraction of sp³-hybridized carbons (Fsp3) is 1.00. The fourth-order valence-corrected chi connectivity index (χ4v) is 6.21. The van der Waals surface area contributed by atoms with Crippen molar-refractivity contribution in [1.82, 2.24) is 0 Å². The molecular formula is C27H57O3P. The van der Waals surface area contributed by atoms with E-state index >= 15 is 0 Å². The van der Waals surface area contributed by atoms with Crippen LogP contribution >= 0.6 is 7.92 Å². The first-order chi connectivity index (χ1) is 15.3. The highest BCUT2D eigenvalue weighted by molar-refractivity contribution is 7.57. The van der Waals surface area contributed by atoms with Crippen LogP contribution < -0.4 is 0 Å². The van der Waals surface area contributed by atoms with Crippen molar-refractivity contribution in [2.24, 2.45) is 0 Å². The van der Waals surface area contributed by atoms with Gasteiger partial charge in [0.25, 0.3) is 0 Å². The minimum Gasteiger partial charge on any atom is -0.381 e. The molecule has 4 heteroatoms. The Kier molecular flexibility index (Phi) is 28.6. The summed E-state index contributed by atoms with van der Waals surface area (Å²) in [6, 6.07) is 0. The number of unbranched alkanes of at least 4 members (excludes halogenated alkanes) is 9. The maximum Gasteiger partial charge on any atom is 0.0466 e. The molecule has 0 bridgehead atoms. The molecule has 0 saturated heterocycles. The molecule has 0 aromatic heterocycles. The zero-order valence-corrected chi connectivity index (χ0v) is 22.5. The molecule has 0 atom stereocenters. The van der Waals surface area contributed by atoms with E-state index in [9.17, 15) is 0 Å². The van der Waals surface area contributed by atoms with E-state index in [0.29, 0.717) is 0 Å². The largest absolute Gasteiger partial charge is 0.381 e. The van der Waals surface area contributed by atoms with Crippen molar-refractivity contribution in [3.63, 3.8) is 0 Å². The molecule has 0 aromatic carbocycles. The number of rotatable bonds is 27. The van der Waals surface area contributed by atoms with Crippen molar-refractivity contribution in [3.05, 3.63) is 0 Å². The zero-order valence-electron chi connectivity index (χ0n) is 21.6. The first-order valence-corrected chi connectivity index (χ1v) is 15.7. The lowest BCUT2D eigenvalue weighted by molar-refractivity contribution is 0.127. The summed E-state index contributed by atoms with van der Waals surface area (Å²) in [5.41, 5.74) is 0. The van der Waals surface area contributed by atoms with Crippen molar-refractivity contribution in [2.75, 3.05) is 58.1 Å². The maximum absolute atomic E-state index is 5.72. The predicted octanol–water partition coefficient (Wildman–Crippen LogP) is 8.43. The van der Waals surface area contributed by atoms with E-state index < -0.39 is 0 Å². The third kappa shape index (κ3) is 26.4. The zero-order chi connectivity index (χ0) is 22.7. The second kappa shape index (κ2) is 28.3. The molecule has 0 aliphatic heterocycles. The number of hydrogen-bond donors (Lipinski definition) is 0. The van der Waals surface area contributed by atoms with Gasteiger partial charge in [-0.15, -0.1) is 7.92 Å². The third-order valence-corrected chi connectivity index (χ3v) is 8.56. The summed E-state index contributed by atoms with van der Waals surface area (Å²) >= 11 is 0. The van der Waals surface area contributed by atoms with Crippen LogP contribution in [0, 0.1) is 0 Å². The molecule has 31 heavy (non-hydrogen) atoms. The molecule has 0 radical (unpaired) electrons. The van der Waals surface area contributed by atoms with Crippen LogP contribution in [0.3, 0.4) is 0 Å². The van der Waals surface area contributed by atoms with E-state index in [4.69, 9.17) is 14.2 Å². The molecule has 0 aliphatic rings. The molecule has 0 aliphatic carbocycles. The van der Waals surface area contributed by atoms with Crippen molar-refractivity contribution >= 4 is 7.92 Å². The molecule has 0 rings (SSSR count). The summed E-state index contributed by atoms with van der Waals surface area (Å²) in [5, 5.41) is 0. The van der Waals surface area contributed by atoms with Crippen LogP contribution in [0.4, 0.5) is 0 Å². The Morgan fingerprint density at radius 2 is 0.645 bits per heavy atom. The van der Waals surface area contributed by atoms with Gasteiger partial charge >= 0.3 is 0 Å². The molecule has 0 aromatic rings. The van der Waals surface area contributed by atoms with Gasteiger partial charge < -0.3 is 14.2 Å². The van der Waals surface area contributed by atoms with Crippen molar-refractivity contribution in [2.45, 2.75) is 117 Å². The van der Waals surface area contributed by atoms with E-state index in [0.717, 1.165) is 39.6 Å². The fourth-order valence-electron chi connectivity index (χ4n) is 3.53.